The van der Waals surface area contributed by atoms with E-state index in [2.05, 4.69) is 11.9 Å². The molecule has 0 saturated carbocycles. The van der Waals surface area contributed by atoms with Crippen molar-refractivity contribution in [2.45, 2.75) is 25.3 Å². The van der Waals surface area contributed by atoms with E-state index >= 15 is 0 Å². The van der Waals surface area contributed by atoms with Gasteiger partial charge in [0.15, 0.2) is 0 Å². The Balaban J connectivity index is 2.06. The van der Waals surface area contributed by atoms with Crippen molar-refractivity contribution < 1.29 is 4.79 Å². The molecule has 20 heavy (non-hydrogen) atoms. The summed E-state index contributed by atoms with van der Waals surface area (Å²) in [6.07, 6.45) is 3.16. The van der Waals surface area contributed by atoms with Crippen LogP contribution in [0.15, 0.2) is 24.3 Å². The third kappa shape index (κ3) is 3.38. The summed E-state index contributed by atoms with van der Waals surface area (Å²) >= 11 is 0. The zero-order valence-electron chi connectivity index (χ0n) is 12.5. The minimum Gasteiger partial charge on any atom is -0.340 e. The first kappa shape index (κ1) is 15.0. The molecule has 110 valence electrons. The van der Waals surface area contributed by atoms with Gasteiger partial charge in [0.1, 0.15) is 0 Å². The molecule has 1 aliphatic heterocycles. The molecule has 4 heteroatoms. The van der Waals surface area contributed by atoms with Crippen LogP contribution in [0.1, 0.15) is 28.8 Å². The molecule has 1 saturated heterocycles. The van der Waals surface area contributed by atoms with E-state index < -0.39 is 0 Å². The van der Waals surface area contributed by atoms with Gasteiger partial charge in [-0.25, -0.2) is 0 Å². The number of benzene rings is 1. The molecule has 0 aliphatic carbocycles. The van der Waals surface area contributed by atoms with Crippen LogP contribution in [-0.4, -0.2) is 55.5 Å². The molecule has 4 nitrogen and oxygen atoms in total. The topological polar surface area (TPSA) is 49.6 Å². The van der Waals surface area contributed by atoms with E-state index in [1.54, 1.807) is 0 Å². The molecule has 1 heterocycles. The molecular weight excluding hydrogens is 250 g/mol. The third-order valence-electron chi connectivity index (χ3n) is 4.16. The maximum absolute atomic E-state index is 12.6. The highest BCUT2D eigenvalue weighted by Gasteiger charge is 2.24. The average Bonchev–Trinajstić information content (AvgIpc) is 2.84. The number of nitrogens with zero attached hydrogens (tertiary/aromatic N) is 2. The third-order valence-corrected chi connectivity index (χ3v) is 4.16. The maximum atomic E-state index is 12.6. The lowest BCUT2D eigenvalue weighted by Gasteiger charge is -2.26. The number of nitrogens with two attached hydrogens (primary N) is 1. The van der Waals surface area contributed by atoms with E-state index in [1.807, 2.05) is 36.2 Å². The molecule has 1 aromatic carbocycles. The average molecular weight is 275 g/mol. The molecule has 1 atom stereocenters. The highest BCUT2D eigenvalue weighted by Crippen LogP contribution is 2.17. The highest BCUT2D eigenvalue weighted by molar-refractivity contribution is 5.95. The Kier molecular flexibility index (Phi) is 5.15. The second-order valence-electron chi connectivity index (χ2n) is 5.66. The van der Waals surface area contributed by atoms with Crippen LogP contribution in [0.3, 0.4) is 0 Å². The number of likely N-dealkylation sites (N-methyl/N-ethyl adjacent to an activating group) is 2. The summed E-state index contributed by atoms with van der Waals surface area (Å²) in [5, 5.41) is 0. The van der Waals surface area contributed by atoms with Crippen molar-refractivity contribution in [3.63, 3.8) is 0 Å². The van der Waals surface area contributed by atoms with E-state index in [0.717, 1.165) is 30.6 Å². The molecule has 1 aromatic rings. The van der Waals surface area contributed by atoms with Crippen molar-refractivity contribution in [3.05, 3.63) is 35.4 Å². The van der Waals surface area contributed by atoms with Gasteiger partial charge in [-0.1, -0.05) is 18.2 Å². The Morgan fingerprint density at radius 3 is 2.85 bits per heavy atom. The lowest BCUT2D eigenvalue weighted by molar-refractivity contribution is 0.0760. The van der Waals surface area contributed by atoms with Crippen LogP contribution in [0.2, 0.25) is 0 Å². The molecule has 2 rings (SSSR count). The van der Waals surface area contributed by atoms with Gasteiger partial charge in [-0.3, -0.25) is 4.79 Å². The summed E-state index contributed by atoms with van der Waals surface area (Å²) in [4.78, 5) is 16.8. The molecule has 1 unspecified atom stereocenters. The molecular formula is C16H25N3O. The summed E-state index contributed by atoms with van der Waals surface area (Å²) in [6, 6.07) is 8.28. The Hall–Kier alpha value is -1.39. The van der Waals surface area contributed by atoms with Crippen molar-refractivity contribution in [2.75, 3.05) is 33.7 Å². The maximum Gasteiger partial charge on any atom is 0.253 e. The van der Waals surface area contributed by atoms with E-state index in [0.29, 0.717) is 12.6 Å². The van der Waals surface area contributed by atoms with Crippen molar-refractivity contribution in [2.24, 2.45) is 5.73 Å². The van der Waals surface area contributed by atoms with Gasteiger partial charge in [0.05, 0.1) is 0 Å². The van der Waals surface area contributed by atoms with E-state index in [9.17, 15) is 4.79 Å². The first-order valence-electron chi connectivity index (χ1n) is 7.37. The van der Waals surface area contributed by atoms with Crippen LogP contribution in [0.4, 0.5) is 0 Å². The van der Waals surface area contributed by atoms with Crippen LogP contribution < -0.4 is 5.73 Å². The van der Waals surface area contributed by atoms with Crippen LogP contribution in [0.5, 0.6) is 0 Å². The van der Waals surface area contributed by atoms with E-state index in [1.165, 1.54) is 12.8 Å². The normalized spacial score (nSPS) is 19.2. The van der Waals surface area contributed by atoms with Gasteiger partial charge >= 0.3 is 0 Å². The SMILES string of the molecule is CN(CC1CCCN1C)C(=O)c1ccccc1CCN. The Morgan fingerprint density at radius 2 is 2.20 bits per heavy atom. The highest BCUT2D eigenvalue weighted by atomic mass is 16.2. The minimum absolute atomic E-state index is 0.106. The first-order chi connectivity index (χ1) is 9.63. The van der Waals surface area contributed by atoms with Crippen molar-refractivity contribution in [1.29, 1.82) is 0 Å². The zero-order valence-corrected chi connectivity index (χ0v) is 12.5. The van der Waals surface area contributed by atoms with Crippen LogP contribution in [0.25, 0.3) is 0 Å². The van der Waals surface area contributed by atoms with Gasteiger partial charge in [-0.15, -0.1) is 0 Å². The first-order valence-corrected chi connectivity index (χ1v) is 7.37. The van der Waals surface area contributed by atoms with Gasteiger partial charge in [0.2, 0.25) is 0 Å². The predicted octanol–water partition coefficient (Wildman–Crippen LogP) is 1.35. The van der Waals surface area contributed by atoms with Crippen LogP contribution >= 0.6 is 0 Å². The number of hydrogen-bond acceptors (Lipinski definition) is 3. The fraction of sp³-hybridized carbons (Fsp3) is 0.562. The predicted molar refractivity (Wildman–Crippen MR) is 81.8 cm³/mol. The zero-order chi connectivity index (χ0) is 14.5. The summed E-state index contributed by atoms with van der Waals surface area (Å²) < 4.78 is 0. The fourth-order valence-electron chi connectivity index (χ4n) is 2.92. The van der Waals surface area contributed by atoms with Crippen LogP contribution in [-0.2, 0) is 6.42 Å². The van der Waals surface area contributed by atoms with Crippen molar-refractivity contribution in [1.82, 2.24) is 9.80 Å². The standard InChI is InChI=1S/C16H25N3O/c1-18-11-5-7-14(18)12-19(2)16(20)15-8-4-3-6-13(15)9-10-17/h3-4,6,8,14H,5,7,9-12,17H2,1-2H3. The minimum atomic E-state index is 0.106. The molecule has 1 fully saturated rings. The summed E-state index contributed by atoms with van der Waals surface area (Å²) in [6.45, 7) is 2.50. The molecule has 0 aromatic heterocycles. The van der Waals surface area contributed by atoms with E-state index in [-0.39, 0.29) is 5.91 Å². The van der Waals surface area contributed by atoms with Gasteiger partial charge in [0.25, 0.3) is 5.91 Å². The van der Waals surface area contributed by atoms with E-state index in [4.69, 9.17) is 5.73 Å². The molecule has 0 radical (unpaired) electrons. The smallest absolute Gasteiger partial charge is 0.253 e. The molecule has 0 bridgehead atoms. The largest absolute Gasteiger partial charge is 0.340 e. The second-order valence-corrected chi connectivity index (χ2v) is 5.66. The number of hydrogen-bond donors (Lipinski definition) is 1. The molecule has 0 spiro atoms. The molecule has 1 amide bonds. The summed E-state index contributed by atoms with van der Waals surface area (Å²) in [7, 11) is 4.03. The number of likely N-dealkylation sites (tertiary alicyclic amines) is 1. The Bertz CT molecular complexity index is 461. The fourth-order valence-corrected chi connectivity index (χ4v) is 2.92. The lowest BCUT2D eigenvalue weighted by atomic mass is 10.0. The number of carbonyl (C=O) groups is 1. The van der Waals surface area contributed by atoms with Gasteiger partial charge in [-0.05, 0) is 51.0 Å². The number of rotatable bonds is 5. The number of amides is 1. The van der Waals surface area contributed by atoms with Crippen LogP contribution in [0, 0.1) is 0 Å². The molecule has 1 aliphatic rings. The Labute approximate surface area is 121 Å². The van der Waals surface area contributed by atoms with Crippen molar-refractivity contribution >= 4 is 5.91 Å². The second kappa shape index (κ2) is 6.86. The summed E-state index contributed by atoms with van der Waals surface area (Å²) in [5.74, 6) is 0.106. The number of carbonyl (C=O) groups excluding carboxylic acids is 1. The summed E-state index contributed by atoms with van der Waals surface area (Å²) in [5.41, 5.74) is 7.46. The monoisotopic (exact) mass is 275 g/mol. The van der Waals surface area contributed by atoms with Gasteiger partial charge < -0.3 is 15.5 Å². The van der Waals surface area contributed by atoms with Crippen molar-refractivity contribution in [3.8, 4) is 0 Å². The Morgan fingerprint density at radius 1 is 1.45 bits per heavy atom. The van der Waals surface area contributed by atoms with Gasteiger partial charge in [0, 0.05) is 25.2 Å². The molecule has 2 N–H and O–H groups in total. The van der Waals surface area contributed by atoms with Gasteiger partial charge in [-0.2, -0.15) is 0 Å². The quantitative estimate of drug-likeness (QED) is 0.882. The lowest BCUT2D eigenvalue weighted by Crippen LogP contribution is -2.39.